The molecule has 0 aromatic rings. The van der Waals surface area contributed by atoms with Gasteiger partial charge >= 0.3 is 17.9 Å². The van der Waals surface area contributed by atoms with E-state index in [-0.39, 0.29) is 62.8 Å². The van der Waals surface area contributed by atoms with Crippen LogP contribution in [-0.4, -0.2) is 65.5 Å². The van der Waals surface area contributed by atoms with E-state index in [0.29, 0.717) is 5.06 Å². The van der Waals surface area contributed by atoms with Gasteiger partial charge in [0.25, 0.3) is 11.8 Å². The quantitative estimate of drug-likeness (QED) is 0.339. The molecule has 33 heavy (non-hydrogen) atoms. The third-order valence-corrected chi connectivity index (χ3v) is 5.87. The molecule has 0 radical (unpaired) electrons. The number of hydrogen-bond donors (Lipinski definition) is 0. The maximum absolute atomic E-state index is 12.5. The number of carbonyl (C=O) groups is 6. The molecule has 2 aliphatic rings. The molecule has 5 unspecified atom stereocenters. The molecule has 2 heterocycles. The Morgan fingerprint density at radius 3 is 2.15 bits per heavy atom. The average molecular weight is 469 g/mol. The van der Waals surface area contributed by atoms with Crippen molar-refractivity contribution in [3.05, 3.63) is 0 Å². The molecule has 11 heteroatoms. The minimum Gasteiger partial charge on any atom is -0.463 e. The highest BCUT2D eigenvalue weighted by Gasteiger charge is 2.44. The number of amides is 2. The highest BCUT2D eigenvalue weighted by molar-refractivity contribution is 6.01. The van der Waals surface area contributed by atoms with Crippen molar-refractivity contribution < 1.29 is 47.8 Å². The van der Waals surface area contributed by atoms with E-state index in [1.165, 1.54) is 13.8 Å². The zero-order valence-electron chi connectivity index (χ0n) is 19.4. The summed E-state index contributed by atoms with van der Waals surface area (Å²) in [5.74, 6) is -3.26. The summed E-state index contributed by atoms with van der Waals surface area (Å²) in [6.45, 7) is 6.22. The van der Waals surface area contributed by atoms with Crippen molar-refractivity contribution >= 4 is 35.5 Å². The maximum atomic E-state index is 12.5. The van der Waals surface area contributed by atoms with Gasteiger partial charge in [0, 0.05) is 51.9 Å². The zero-order chi connectivity index (χ0) is 24.7. The Balaban J connectivity index is 1.85. The van der Waals surface area contributed by atoms with Crippen LogP contribution in [0.5, 0.6) is 0 Å². The van der Waals surface area contributed by atoms with E-state index in [4.69, 9.17) is 19.0 Å². The standard InChI is InChI=1S/C22H31NO10/c1-12-13(2)22(31-15(4)25)18(11-30-14(3)24)32-17(12)10-16(26)6-5-7-21(29)33-23-19(27)8-9-20(23)28/h12-13,17-18,22H,5-11H2,1-4H3. The number of imide groups is 1. The predicted molar refractivity (Wildman–Crippen MR) is 110 cm³/mol. The fourth-order valence-electron chi connectivity index (χ4n) is 3.91. The van der Waals surface area contributed by atoms with Gasteiger partial charge in [-0.15, -0.1) is 5.06 Å². The smallest absolute Gasteiger partial charge is 0.333 e. The summed E-state index contributed by atoms with van der Waals surface area (Å²) in [6.07, 6.45) is -1.54. The van der Waals surface area contributed by atoms with Crippen LogP contribution in [0.15, 0.2) is 0 Å². The molecular weight excluding hydrogens is 438 g/mol. The van der Waals surface area contributed by atoms with E-state index < -0.39 is 48.0 Å². The van der Waals surface area contributed by atoms with Crippen LogP contribution in [0, 0.1) is 11.8 Å². The van der Waals surface area contributed by atoms with Gasteiger partial charge in [-0.3, -0.25) is 24.0 Å². The van der Waals surface area contributed by atoms with Crippen molar-refractivity contribution in [1.29, 1.82) is 0 Å². The van der Waals surface area contributed by atoms with E-state index in [0.717, 1.165) is 0 Å². The molecule has 0 saturated carbocycles. The topological polar surface area (TPSA) is 143 Å². The number of hydroxylamine groups is 2. The van der Waals surface area contributed by atoms with Crippen LogP contribution in [0.2, 0.25) is 0 Å². The molecule has 11 nitrogen and oxygen atoms in total. The lowest BCUT2D eigenvalue weighted by Crippen LogP contribution is -2.53. The first-order chi connectivity index (χ1) is 15.5. The monoisotopic (exact) mass is 469 g/mol. The number of Topliss-reactive ketones (excluding diaryl/α,β-unsaturated/α-hetero) is 1. The lowest BCUT2D eigenvalue weighted by molar-refractivity contribution is -0.206. The number of rotatable bonds is 10. The molecule has 0 N–H and O–H groups in total. The maximum Gasteiger partial charge on any atom is 0.333 e. The van der Waals surface area contributed by atoms with E-state index in [2.05, 4.69) is 0 Å². The molecule has 184 valence electrons. The molecule has 2 fully saturated rings. The minimum atomic E-state index is -0.757. The van der Waals surface area contributed by atoms with Crippen LogP contribution in [0.25, 0.3) is 0 Å². The van der Waals surface area contributed by atoms with Gasteiger partial charge in [-0.1, -0.05) is 13.8 Å². The minimum absolute atomic E-state index is 0.0133. The van der Waals surface area contributed by atoms with Crippen molar-refractivity contribution in [2.24, 2.45) is 11.8 Å². The normalized spacial score (nSPS) is 27.3. The van der Waals surface area contributed by atoms with Gasteiger partial charge in [0.15, 0.2) is 0 Å². The average Bonchev–Trinajstić information content (AvgIpc) is 3.04. The number of esters is 2. The van der Waals surface area contributed by atoms with Gasteiger partial charge in [0.1, 0.15) is 24.6 Å². The molecule has 2 rings (SSSR count). The molecule has 2 saturated heterocycles. The van der Waals surface area contributed by atoms with Crippen LogP contribution < -0.4 is 0 Å². The summed E-state index contributed by atoms with van der Waals surface area (Å²) >= 11 is 0. The number of carbonyl (C=O) groups excluding carboxylic acids is 6. The Labute approximate surface area is 192 Å². The van der Waals surface area contributed by atoms with Crippen molar-refractivity contribution in [2.45, 2.75) is 84.5 Å². The second kappa shape index (κ2) is 11.9. The highest BCUT2D eigenvalue weighted by atomic mass is 16.7. The SMILES string of the molecule is CC(=O)OCC1OC(CC(=O)CCCC(=O)ON2C(=O)CCC2=O)C(C)C(C)C1OC(C)=O. The third-order valence-electron chi connectivity index (χ3n) is 5.87. The van der Waals surface area contributed by atoms with Crippen LogP contribution in [0.1, 0.15) is 66.2 Å². The zero-order valence-corrected chi connectivity index (χ0v) is 19.4. The predicted octanol–water partition coefficient (Wildman–Crippen LogP) is 1.26. The van der Waals surface area contributed by atoms with Crippen molar-refractivity contribution in [1.82, 2.24) is 5.06 Å². The third kappa shape index (κ3) is 7.62. The molecule has 2 aliphatic heterocycles. The second-order valence-electron chi connectivity index (χ2n) is 8.45. The summed E-state index contributed by atoms with van der Waals surface area (Å²) in [4.78, 5) is 74.8. The first kappa shape index (κ1) is 26.4. The molecule has 5 atom stereocenters. The summed E-state index contributed by atoms with van der Waals surface area (Å²) in [5, 5.41) is 0.478. The Morgan fingerprint density at radius 2 is 1.58 bits per heavy atom. The van der Waals surface area contributed by atoms with Crippen LogP contribution in [0.3, 0.4) is 0 Å². The van der Waals surface area contributed by atoms with Crippen LogP contribution in [0.4, 0.5) is 0 Å². The number of ether oxygens (including phenoxy) is 3. The van der Waals surface area contributed by atoms with Crippen molar-refractivity contribution in [3.63, 3.8) is 0 Å². The molecule has 0 spiro atoms. The lowest BCUT2D eigenvalue weighted by Gasteiger charge is -2.43. The van der Waals surface area contributed by atoms with E-state index >= 15 is 0 Å². The Kier molecular flexibility index (Phi) is 9.51. The number of ketones is 1. The van der Waals surface area contributed by atoms with Gasteiger partial charge < -0.3 is 19.0 Å². The second-order valence-corrected chi connectivity index (χ2v) is 8.45. The summed E-state index contributed by atoms with van der Waals surface area (Å²) < 4.78 is 16.4. The Bertz CT molecular complexity index is 778. The first-order valence-electron chi connectivity index (χ1n) is 11.0. The van der Waals surface area contributed by atoms with E-state index in [9.17, 15) is 28.8 Å². The van der Waals surface area contributed by atoms with Crippen LogP contribution >= 0.6 is 0 Å². The highest BCUT2D eigenvalue weighted by Crippen LogP contribution is 2.35. The van der Waals surface area contributed by atoms with Gasteiger partial charge in [-0.2, -0.15) is 0 Å². The van der Waals surface area contributed by atoms with E-state index in [1.807, 2.05) is 13.8 Å². The summed E-state index contributed by atoms with van der Waals surface area (Å²) in [6, 6.07) is 0. The van der Waals surface area contributed by atoms with Gasteiger partial charge in [-0.25, -0.2) is 4.79 Å². The molecule has 0 aromatic heterocycles. The Morgan fingerprint density at radius 1 is 0.939 bits per heavy atom. The fourth-order valence-corrected chi connectivity index (χ4v) is 3.91. The summed E-state index contributed by atoms with van der Waals surface area (Å²) in [7, 11) is 0. The van der Waals surface area contributed by atoms with Crippen molar-refractivity contribution in [2.75, 3.05) is 6.61 Å². The molecule has 0 aromatic carbocycles. The first-order valence-corrected chi connectivity index (χ1v) is 11.0. The largest absolute Gasteiger partial charge is 0.463 e. The number of nitrogens with zero attached hydrogens (tertiary/aromatic N) is 1. The molecule has 0 aliphatic carbocycles. The van der Waals surface area contributed by atoms with Gasteiger partial charge in [-0.05, 0) is 12.3 Å². The molecule has 2 amide bonds. The van der Waals surface area contributed by atoms with Crippen LogP contribution in [-0.2, 0) is 47.8 Å². The van der Waals surface area contributed by atoms with E-state index in [1.54, 1.807) is 0 Å². The van der Waals surface area contributed by atoms with Crippen molar-refractivity contribution in [3.8, 4) is 0 Å². The fraction of sp³-hybridized carbons (Fsp3) is 0.727. The summed E-state index contributed by atoms with van der Waals surface area (Å²) in [5.41, 5.74) is 0. The van der Waals surface area contributed by atoms with Gasteiger partial charge in [0.05, 0.1) is 6.10 Å². The lowest BCUT2D eigenvalue weighted by atomic mass is 9.79. The molecule has 0 bridgehead atoms. The van der Waals surface area contributed by atoms with Gasteiger partial charge in [0.2, 0.25) is 0 Å². The Hall–Kier alpha value is -2.82. The molecular formula is C22H31NO10. The number of hydrogen-bond acceptors (Lipinski definition) is 10.